The van der Waals surface area contributed by atoms with Crippen molar-refractivity contribution in [3.63, 3.8) is 0 Å². The highest BCUT2D eigenvalue weighted by atomic mass is 35.6. The highest BCUT2D eigenvalue weighted by Gasteiger charge is 2.11. The molecular weight excluding hydrogens is 332 g/mol. The summed E-state index contributed by atoms with van der Waals surface area (Å²) in [5.41, 5.74) is 0. The van der Waals surface area contributed by atoms with Gasteiger partial charge in [0.05, 0.1) is 5.34 Å². The Morgan fingerprint density at radius 2 is 0.750 bits per heavy atom. The Hall–Kier alpha value is 2.32. The fourth-order valence-corrected chi connectivity index (χ4v) is 0. The van der Waals surface area contributed by atoms with Crippen LogP contribution in [0.3, 0.4) is 0 Å². The maximum Gasteiger partial charge on any atom is 0.266 e. The van der Waals surface area contributed by atoms with Crippen molar-refractivity contribution in [1.82, 2.24) is 0 Å². The minimum atomic E-state index is -1.61. The van der Waals surface area contributed by atoms with Gasteiger partial charge in [0.2, 0.25) is 0 Å². The number of hydrogen-bond acceptors (Lipinski definition) is 0. The Morgan fingerprint density at radius 3 is 0.750 bits per heavy atom. The molecule has 0 saturated carbocycles. The third-order valence-corrected chi connectivity index (χ3v) is 0.643. The molecule has 0 aliphatic carbocycles. The van der Waals surface area contributed by atoms with Crippen LogP contribution in [-0.2, 0) is 0 Å². The lowest BCUT2D eigenvalue weighted by Gasteiger charge is -1.91. The summed E-state index contributed by atoms with van der Waals surface area (Å²) in [7, 11) is 0. The first-order chi connectivity index (χ1) is 5.33. The number of halogens is 8. The van der Waals surface area contributed by atoms with Gasteiger partial charge >= 0.3 is 0 Å². The molecule has 78 valence electrons. The molecule has 8 heteroatoms. The van der Waals surface area contributed by atoms with E-state index in [1.54, 1.807) is 0 Å². The van der Waals surface area contributed by atoms with Crippen molar-refractivity contribution in [2.75, 3.05) is 17.1 Å². The van der Waals surface area contributed by atoms with E-state index in [-0.39, 0.29) is 5.34 Å². The fourth-order valence-electron chi connectivity index (χ4n) is 0. The van der Waals surface area contributed by atoms with Gasteiger partial charge in [0.15, 0.2) is 0 Å². The van der Waals surface area contributed by atoms with Crippen molar-refractivity contribution in [3.05, 3.63) is 0 Å². The van der Waals surface area contributed by atoms with E-state index in [1.807, 2.05) is 0 Å². The van der Waals surface area contributed by atoms with Crippen molar-refractivity contribution in [2.45, 2.75) is 3.25 Å². The van der Waals surface area contributed by atoms with Gasteiger partial charge in [-0.15, -0.1) is 46.4 Å². The molecule has 0 spiro atoms. The van der Waals surface area contributed by atoms with Crippen molar-refractivity contribution in [2.24, 2.45) is 0 Å². The van der Waals surface area contributed by atoms with Crippen LogP contribution in [-0.4, -0.2) is 20.4 Å². The second-order valence-corrected chi connectivity index (χ2v) is 5.90. The van der Waals surface area contributed by atoms with E-state index in [0.29, 0.717) is 11.8 Å². The van der Waals surface area contributed by atoms with E-state index in [1.165, 1.54) is 0 Å². The second kappa shape index (κ2) is 15.8. The van der Waals surface area contributed by atoms with Crippen LogP contribution < -0.4 is 0 Å². The number of hydrogen-bond donors (Lipinski definition) is 0. The summed E-state index contributed by atoms with van der Waals surface area (Å²) in [5, 5.41) is 0.194. The first kappa shape index (κ1) is 19.8. The highest BCUT2D eigenvalue weighted by Crippen LogP contribution is 2.29. The van der Waals surface area contributed by atoms with Gasteiger partial charge in [-0.1, -0.05) is 46.4 Å². The summed E-state index contributed by atoms with van der Waals surface area (Å²) in [4.78, 5) is 0. The van der Waals surface area contributed by atoms with Gasteiger partial charge < -0.3 is 0 Å². The molecule has 0 unspecified atom stereocenters. The maximum absolute atomic E-state index is 5.05. The zero-order chi connectivity index (χ0) is 10.6. The van der Waals surface area contributed by atoms with Gasteiger partial charge in [0.1, 0.15) is 0 Å². The first-order valence-corrected chi connectivity index (χ1v) is 5.97. The molecule has 0 aromatic rings. The molecule has 0 radical (unpaired) electrons. The molecule has 0 heterocycles. The van der Waals surface area contributed by atoms with Crippen molar-refractivity contribution >= 4 is 92.8 Å². The normalized spacial score (nSPS) is 9.00. The second-order valence-electron chi connectivity index (χ2n) is 0.908. The number of rotatable bonds is 1. The third kappa shape index (κ3) is 143. The van der Waals surface area contributed by atoms with E-state index in [4.69, 9.17) is 92.8 Å². The van der Waals surface area contributed by atoms with Crippen LogP contribution in [0.5, 0.6) is 0 Å². The Bertz CT molecular complexity index is 50.6. The van der Waals surface area contributed by atoms with E-state index in [9.17, 15) is 0 Å². The molecule has 0 aromatic heterocycles. The predicted octanol–water partition coefficient (Wildman–Crippen LogP) is 5.44. The Balaban J connectivity index is -0.000000105. The van der Waals surface area contributed by atoms with Crippen molar-refractivity contribution < 1.29 is 0 Å². The Kier molecular flexibility index (Phi) is 26.1. The van der Waals surface area contributed by atoms with Gasteiger partial charge in [-0.05, 0) is 0 Å². The zero-order valence-electron chi connectivity index (χ0n) is 5.65. The van der Waals surface area contributed by atoms with Crippen LogP contribution in [0.1, 0.15) is 0 Å². The standard InChI is InChI=1S/C2H4Cl2.CCl4.CH2Cl2/c3-1-2-4;2-1(3,4)5;2-1-3/h1-2H2;;1H2. The molecule has 12 heavy (non-hydrogen) atoms. The van der Waals surface area contributed by atoms with Crippen LogP contribution in [0.15, 0.2) is 0 Å². The highest BCUT2D eigenvalue weighted by molar-refractivity contribution is 6.83. The molecule has 0 rings (SSSR count). The molecule has 0 saturated heterocycles. The van der Waals surface area contributed by atoms with Crippen LogP contribution in [0.25, 0.3) is 0 Å². The van der Waals surface area contributed by atoms with E-state index < -0.39 is 3.25 Å². The average Bonchev–Trinajstić information content (AvgIpc) is 1.85. The molecular formula is C4H6Cl8. The summed E-state index contributed by atoms with van der Waals surface area (Å²) in [5.74, 6) is 1.11. The summed E-state index contributed by atoms with van der Waals surface area (Å²) < 4.78 is -1.61. The van der Waals surface area contributed by atoms with Crippen LogP contribution in [0.2, 0.25) is 0 Å². The molecule has 0 aliphatic rings. The van der Waals surface area contributed by atoms with Crippen LogP contribution >= 0.6 is 92.8 Å². The number of alkyl halides is 8. The zero-order valence-corrected chi connectivity index (χ0v) is 11.7. The lowest BCUT2D eigenvalue weighted by atomic mass is 11.0. The minimum Gasteiger partial charge on any atom is -0.125 e. The smallest absolute Gasteiger partial charge is 0.125 e. The first-order valence-electron chi connectivity index (χ1n) is 2.32. The maximum atomic E-state index is 5.05. The van der Waals surface area contributed by atoms with Crippen molar-refractivity contribution in [1.29, 1.82) is 0 Å². The monoisotopic (exact) mass is 334 g/mol. The lowest BCUT2D eigenvalue weighted by Crippen LogP contribution is -1.81. The van der Waals surface area contributed by atoms with E-state index >= 15 is 0 Å². The van der Waals surface area contributed by atoms with Crippen LogP contribution in [0.4, 0.5) is 0 Å². The largest absolute Gasteiger partial charge is 0.266 e. The van der Waals surface area contributed by atoms with Gasteiger partial charge in [-0.3, -0.25) is 0 Å². The minimum absolute atomic E-state index is 0.194. The topological polar surface area (TPSA) is 0 Å². The SMILES string of the molecule is ClC(Cl)(Cl)Cl.ClCCCl.ClCCl. The summed E-state index contributed by atoms with van der Waals surface area (Å²) >= 11 is 38.9. The van der Waals surface area contributed by atoms with E-state index in [2.05, 4.69) is 0 Å². The quantitative estimate of drug-likeness (QED) is 0.559. The van der Waals surface area contributed by atoms with Crippen molar-refractivity contribution in [3.8, 4) is 0 Å². The Labute approximate surface area is 112 Å². The molecule has 0 aliphatic heterocycles. The predicted molar refractivity (Wildman–Crippen MR) is 64.2 cm³/mol. The lowest BCUT2D eigenvalue weighted by molar-refractivity contribution is 1.52. The van der Waals surface area contributed by atoms with Gasteiger partial charge in [-0.2, -0.15) is 0 Å². The summed E-state index contributed by atoms with van der Waals surface area (Å²) in [6, 6.07) is 0. The van der Waals surface area contributed by atoms with E-state index in [0.717, 1.165) is 0 Å². The molecule has 0 N–H and O–H groups in total. The van der Waals surface area contributed by atoms with Gasteiger partial charge in [0.25, 0.3) is 3.25 Å². The third-order valence-electron chi connectivity index (χ3n) is 0.0714. The fraction of sp³-hybridized carbons (Fsp3) is 1.00. The molecule has 0 fully saturated rings. The van der Waals surface area contributed by atoms with Crippen LogP contribution in [0, 0.1) is 0 Å². The average molecular weight is 338 g/mol. The van der Waals surface area contributed by atoms with Gasteiger partial charge in [0, 0.05) is 11.8 Å². The summed E-state index contributed by atoms with van der Waals surface area (Å²) in [6.07, 6.45) is 0. The molecule has 0 bridgehead atoms. The molecule has 0 amide bonds. The van der Waals surface area contributed by atoms with Gasteiger partial charge in [-0.25, -0.2) is 0 Å². The molecule has 0 aromatic carbocycles. The molecule has 0 atom stereocenters. The summed E-state index contributed by atoms with van der Waals surface area (Å²) in [6.45, 7) is 0. The Morgan fingerprint density at radius 1 is 0.667 bits per heavy atom. The molecule has 0 nitrogen and oxygen atoms in total.